The maximum atomic E-state index is 9.14. The SMILES string of the molecule is CCCCCCCCCCCCc1ccc(S(O)(O)O)cc1. The minimum Gasteiger partial charge on any atom is -0.304 e. The molecule has 128 valence electrons. The Balaban J connectivity index is 2.03. The molecule has 1 aromatic rings. The third-order valence-electron chi connectivity index (χ3n) is 4.06. The summed E-state index contributed by atoms with van der Waals surface area (Å²) in [5.74, 6) is 0. The average Bonchev–Trinajstić information content (AvgIpc) is 2.49. The van der Waals surface area contributed by atoms with Crippen molar-refractivity contribution in [1.82, 2.24) is 0 Å². The summed E-state index contributed by atoms with van der Waals surface area (Å²) in [6.45, 7) is 2.25. The van der Waals surface area contributed by atoms with Gasteiger partial charge in [0.15, 0.2) is 0 Å². The second kappa shape index (κ2) is 11.1. The van der Waals surface area contributed by atoms with Crippen molar-refractivity contribution in [3.8, 4) is 0 Å². The summed E-state index contributed by atoms with van der Waals surface area (Å²) >= 11 is 0. The van der Waals surface area contributed by atoms with Gasteiger partial charge in [0.05, 0.1) is 4.90 Å². The molecule has 0 fully saturated rings. The highest BCUT2D eigenvalue weighted by Gasteiger charge is 2.14. The third kappa shape index (κ3) is 8.79. The molecule has 3 nitrogen and oxygen atoms in total. The summed E-state index contributed by atoms with van der Waals surface area (Å²) < 4.78 is 27.4. The van der Waals surface area contributed by atoms with Crippen molar-refractivity contribution in [3.05, 3.63) is 29.8 Å². The Hall–Kier alpha value is -0.550. The van der Waals surface area contributed by atoms with Crippen LogP contribution >= 0.6 is 10.9 Å². The van der Waals surface area contributed by atoms with Gasteiger partial charge in [0.25, 0.3) is 0 Å². The first-order valence-corrected chi connectivity index (χ1v) is 10.1. The lowest BCUT2D eigenvalue weighted by Crippen LogP contribution is -1.95. The zero-order chi connectivity index (χ0) is 16.3. The van der Waals surface area contributed by atoms with E-state index in [1.807, 2.05) is 12.1 Å². The van der Waals surface area contributed by atoms with Gasteiger partial charge in [-0.05, 0) is 30.5 Å². The van der Waals surface area contributed by atoms with E-state index in [9.17, 15) is 0 Å². The van der Waals surface area contributed by atoms with Crippen LogP contribution in [0.25, 0.3) is 0 Å². The third-order valence-corrected chi connectivity index (χ3v) is 4.96. The van der Waals surface area contributed by atoms with Crippen molar-refractivity contribution in [2.24, 2.45) is 0 Å². The van der Waals surface area contributed by atoms with Gasteiger partial charge in [-0.3, -0.25) is 0 Å². The van der Waals surface area contributed by atoms with Crippen molar-refractivity contribution in [1.29, 1.82) is 0 Å². The molecule has 0 amide bonds. The van der Waals surface area contributed by atoms with E-state index in [4.69, 9.17) is 13.7 Å². The molecule has 0 atom stereocenters. The van der Waals surface area contributed by atoms with Gasteiger partial charge in [-0.2, -0.15) is 0 Å². The summed E-state index contributed by atoms with van der Waals surface area (Å²) in [6.07, 6.45) is 14.3. The van der Waals surface area contributed by atoms with Crippen LogP contribution < -0.4 is 0 Å². The molecular formula is C18H32O3S. The van der Waals surface area contributed by atoms with Gasteiger partial charge < -0.3 is 13.7 Å². The van der Waals surface area contributed by atoms with Gasteiger partial charge in [-0.15, -0.1) is 0 Å². The van der Waals surface area contributed by atoms with Crippen LogP contribution in [0.15, 0.2) is 29.2 Å². The molecule has 0 unspecified atom stereocenters. The van der Waals surface area contributed by atoms with Crippen LogP contribution in [0.1, 0.15) is 76.7 Å². The zero-order valence-corrected chi connectivity index (χ0v) is 14.7. The molecular weight excluding hydrogens is 296 g/mol. The largest absolute Gasteiger partial charge is 0.304 e. The number of unbranched alkanes of at least 4 members (excludes halogenated alkanes) is 9. The first-order chi connectivity index (χ1) is 10.5. The summed E-state index contributed by atoms with van der Waals surface area (Å²) in [6, 6.07) is 6.93. The van der Waals surface area contributed by atoms with Crippen molar-refractivity contribution in [2.75, 3.05) is 0 Å². The Bertz CT molecular complexity index is 384. The molecule has 0 bridgehead atoms. The quantitative estimate of drug-likeness (QED) is 0.373. The molecule has 1 rings (SSSR count). The summed E-state index contributed by atoms with van der Waals surface area (Å²) in [7, 11) is -3.56. The number of aryl methyl sites for hydroxylation is 1. The highest BCUT2D eigenvalue weighted by atomic mass is 32.3. The Morgan fingerprint density at radius 2 is 1.14 bits per heavy atom. The molecule has 0 aromatic heterocycles. The summed E-state index contributed by atoms with van der Waals surface area (Å²) in [4.78, 5) is 0.194. The van der Waals surface area contributed by atoms with Crippen LogP contribution in [0.2, 0.25) is 0 Å². The van der Waals surface area contributed by atoms with Gasteiger partial charge in [0.1, 0.15) is 10.9 Å². The van der Waals surface area contributed by atoms with Gasteiger partial charge in [0, 0.05) is 0 Å². The lowest BCUT2D eigenvalue weighted by Gasteiger charge is -2.19. The van der Waals surface area contributed by atoms with Crippen LogP contribution in [0, 0.1) is 0 Å². The van der Waals surface area contributed by atoms with Crippen LogP contribution in [0.4, 0.5) is 0 Å². The fraction of sp³-hybridized carbons (Fsp3) is 0.667. The van der Waals surface area contributed by atoms with E-state index < -0.39 is 10.9 Å². The van der Waals surface area contributed by atoms with E-state index in [1.54, 1.807) is 12.1 Å². The molecule has 0 saturated heterocycles. The van der Waals surface area contributed by atoms with E-state index >= 15 is 0 Å². The monoisotopic (exact) mass is 328 g/mol. The minimum absolute atomic E-state index is 0.194. The first-order valence-electron chi connectivity index (χ1n) is 8.63. The van der Waals surface area contributed by atoms with Crippen LogP contribution in [-0.4, -0.2) is 13.7 Å². The maximum absolute atomic E-state index is 9.14. The average molecular weight is 329 g/mol. The molecule has 4 heteroatoms. The van der Waals surface area contributed by atoms with Gasteiger partial charge >= 0.3 is 0 Å². The molecule has 0 aliphatic rings. The Kier molecular flexibility index (Phi) is 9.80. The minimum atomic E-state index is -3.56. The van der Waals surface area contributed by atoms with Gasteiger partial charge in [-0.25, -0.2) is 0 Å². The highest BCUT2D eigenvalue weighted by molar-refractivity contribution is 8.19. The van der Waals surface area contributed by atoms with Crippen molar-refractivity contribution < 1.29 is 13.7 Å². The molecule has 0 saturated carbocycles. The van der Waals surface area contributed by atoms with E-state index in [1.165, 1.54) is 69.8 Å². The van der Waals surface area contributed by atoms with Gasteiger partial charge in [-0.1, -0.05) is 76.8 Å². The number of rotatable bonds is 12. The number of hydrogen-bond acceptors (Lipinski definition) is 3. The van der Waals surface area contributed by atoms with Crippen molar-refractivity contribution in [3.63, 3.8) is 0 Å². The molecule has 1 aromatic carbocycles. The summed E-state index contributed by atoms with van der Waals surface area (Å²) in [5.41, 5.74) is 1.19. The lowest BCUT2D eigenvalue weighted by atomic mass is 10.0. The Morgan fingerprint density at radius 3 is 1.59 bits per heavy atom. The van der Waals surface area contributed by atoms with Crippen LogP contribution in [0.3, 0.4) is 0 Å². The topological polar surface area (TPSA) is 60.7 Å². The fourth-order valence-corrected chi connectivity index (χ4v) is 3.16. The van der Waals surface area contributed by atoms with E-state index in [2.05, 4.69) is 6.92 Å². The second-order valence-electron chi connectivity index (χ2n) is 6.09. The van der Waals surface area contributed by atoms with E-state index in [0.717, 1.165) is 6.42 Å². The van der Waals surface area contributed by atoms with Crippen LogP contribution in [0.5, 0.6) is 0 Å². The first kappa shape index (κ1) is 19.5. The highest BCUT2D eigenvalue weighted by Crippen LogP contribution is 2.43. The van der Waals surface area contributed by atoms with Gasteiger partial charge in [0.2, 0.25) is 0 Å². The number of benzene rings is 1. The van der Waals surface area contributed by atoms with E-state index in [0.29, 0.717) is 0 Å². The Morgan fingerprint density at radius 1 is 0.682 bits per heavy atom. The Labute approximate surface area is 137 Å². The molecule has 0 aliphatic carbocycles. The van der Waals surface area contributed by atoms with Crippen LogP contribution in [-0.2, 0) is 6.42 Å². The fourth-order valence-electron chi connectivity index (χ4n) is 2.66. The lowest BCUT2D eigenvalue weighted by molar-refractivity contribution is 0.376. The predicted octanol–water partition coefficient (Wildman–Crippen LogP) is 6.73. The zero-order valence-electron chi connectivity index (χ0n) is 13.8. The standard InChI is InChI=1S/C18H32O3S/c1-2-3-4-5-6-7-8-9-10-11-12-17-13-15-18(16-14-17)22(19,20)21/h13-16,19-21H,2-12H2,1H3. The number of hydrogen-bond donors (Lipinski definition) is 3. The van der Waals surface area contributed by atoms with E-state index in [-0.39, 0.29) is 4.90 Å². The summed E-state index contributed by atoms with van der Waals surface area (Å²) in [5, 5.41) is 0. The molecule has 3 N–H and O–H groups in total. The molecule has 0 aliphatic heterocycles. The second-order valence-corrected chi connectivity index (χ2v) is 7.60. The molecule has 0 heterocycles. The predicted molar refractivity (Wildman–Crippen MR) is 95.7 cm³/mol. The van der Waals surface area contributed by atoms with Crippen molar-refractivity contribution >= 4 is 10.9 Å². The molecule has 0 radical (unpaired) electrons. The maximum Gasteiger partial charge on any atom is 0.112 e. The molecule has 22 heavy (non-hydrogen) atoms. The smallest absolute Gasteiger partial charge is 0.112 e. The normalized spacial score (nSPS) is 12.5. The van der Waals surface area contributed by atoms with Crippen molar-refractivity contribution in [2.45, 2.75) is 82.4 Å². The molecule has 0 spiro atoms.